The second-order valence-corrected chi connectivity index (χ2v) is 13.0. The number of nitrogens with two attached hydrogens (primary N) is 1. The number of hydrogen-bond donors (Lipinski definition) is 1. The molecule has 1 saturated heterocycles. The van der Waals surface area contributed by atoms with Crippen molar-refractivity contribution in [2.24, 2.45) is 0 Å². The Morgan fingerprint density at radius 3 is 1.61 bits per heavy atom. The minimum absolute atomic E-state index is 0.0283. The summed E-state index contributed by atoms with van der Waals surface area (Å²) in [6.07, 6.45) is -5.76. The van der Waals surface area contributed by atoms with E-state index in [1.807, 2.05) is 6.07 Å². The first-order chi connectivity index (χ1) is 27.9. The number of rotatable bonds is 10. The number of hydrogen-bond acceptors (Lipinski definition) is 12. The molecule has 0 radical (unpaired) electrons. The van der Waals surface area contributed by atoms with Gasteiger partial charge in [-0.2, -0.15) is 0 Å². The number of fused-ring (bicyclic) bond motifs is 1. The minimum atomic E-state index is -1.54. The fraction of sp³-hybridized carbons (Fsp3) is 0.114. The zero-order valence-electron chi connectivity index (χ0n) is 30.1. The highest BCUT2D eigenvalue weighted by Gasteiger charge is 2.52. The van der Waals surface area contributed by atoms with Crippen LogP contribution in [0.15, 0.2) is 156 Å². The number of ether oxygens (including phenoxy) is 4. The van der Waals surface area contributed by atoms with E-state index < -0.39 is 54.6 Å². The molecule has 5 aromatic carbocycles. The molecule has 282 valence electrons. The monoisotopic (exact) mass is 759 g/mol. The maximum atomic E-state index is 14.9. The third kappa shape index (κ3) is 7.59. The van der Waals surface area contributed by atoms with E-state index in [1.54, 1.807) is 146 Å². The van der Waals surface area contributed by atoms with Crippen molar-refractivity contribution in [2.45, 2.75) is 24.5 Å². The summed E-state index contributed by atoms with van der Waals surface area (Å²) in [6.45, 7) is -0.466. The van der Waals surface area contributed by atoms with Gasteiger partial charge in [0.2, 0.25) is 0 Å². The van der Waals surface area contributed by atoms with Crippen molar-refractivity contribution in [3.8, 4) is 22.6 Å². The molecule has 1 aliphatic heterocycles. The molecule has 13 heteroatoms. The van der Waals surface area contributed by atoms with Crippen LogP contribution >= 0.6 is 0 Å². The van der Waals surface area contributed by atoms with E-state index in [1.165, 1.54) is 4.57 Å². The third-order valence-electron chi connectivity index (χ3n) is 9.28. The number of aromatic nitrogens is 4. The number of anilines is 1. The maximum absolute atomic E-state index is 14.9. The van der Waals surface area contributed by atoms with Gasteiger partial charge in [0, 0.05) is 11.1 Å². The Bertz CT molecular complexity index is 2610. The van der Waals surface area contributed by atoms with Gasteiger partial charge in [-0.1, -0.05) is 115 Å². The average molecular weight is 760 g/mol. The van der Waals surface area contributed by atoms with Crippen LogP contribution in [-0.4, -0.2) is 62.3 Å². The maximum Gasteiger partial charge on any atom is 0.338 e. The Kier molecular flexibility index (Phi) is 10.3. The quantitative estimate of drug-likeness (QED) is 0.122. The van der Waals surface area contributed by atoms with E-state index in [0.29, 0.717) is 11.1 Å². The molecule has 0 spiro atoms. The van der Waals surface area contributed by atoms with Crippen molar-refractivity contribution < 1.29 is 33.3 Å². The number of nitrogens with zero attached hydrogens (tertiary/aromatic N) is 4. The summed E-state index contributed by atoms with van der Waals surface area (Å²) in [5, 5.41) is 0. The topological polar surface area (TPSA) is 175 Å². The first kappa shape index (κ1) is 36.5. The zero-order chi connectivity index (χ0) is 39.3. The molecule has 7 aromatic rings. The molecule has 2 N–H and O–H groups in total. The Morgan fingerprint density at radius 1 is 0.596 bits per heavy atom. The van der Waals surface area contributed by atoms with Gasteiger partial charge in [0.15, 0.2) is 35.7 Å². The largest absolute Gasteiger partial charge is 0.459 e. The van der Waals surface area contributed by atoms with E-state index >= 15 is 0 Å². The van der Waals surface area contributed by atoms with Gasteiger partial charge >= 0.3 is 17.9 Å². The highest BCUT2D eigenvalue weighted by atomic mass is 16.7. The summed E-state index contributed by atoms with van der Waals surface area (Å²) >= 11 is 0. The molecule has 0 amide bonds. The lowest BCUT2D eigenvalue weighted by atomic mass is 10.1. The van der Waals surface area contributed by atoms with Crippen LogP contribution in [0.4, 0.5) is 5.82 Å². The molecule has 13 nitrogen and oxygen atoms in total. The van der Waals surface area contributed by atoms with E-state index in [0.717, 1.165) is 0 Å². The molecule has 1 aliphatic rings. The van der Waals surface area contributed by atoms with E-state index in [4.69, 9.17) is 29.7 Å². The van der Waals surface area contributed by atoms with E-state index in [9.17, 15) is 19.2 Å². The zero-order valence-corrected chi connectivity index (χ0v) is 30.1. The smallest absolute Gasteiger partial charge is 0.338 e. The van der Waals surface area contributed by atoms with Crippen LogP contribution < -0.4 is 11.3 Å². The fourth-order valence-corrected chi connectivity index (χ4v) is 6.51. The molecule has 1 fully saturated rings. The van der Waals surface area contributed by atoms with Gasteiger partial charge in [0.25, 0.3) is 5.56 Å². The van der Waals surface area contributed by atoms with Crippen LogP contribution in [0.5, 0.6) is 0 Å². The van der Waals surface area contributed by atoms with Crippen LogP contribution in [0.2, 0.25) is 0 Å². The van der Waals surface area contributed by atoms with E-state index in [2.05, 4.69) is 9.97 Å². The highest BCUT2D eigenvalue weighted by Crippen LogP contribution is 2.37. The molecule has 8 rings (SSSR count). The van der Waals surface area contributed by atoms with Gasteiger partial charge < -0.3 is 24.7 Å². The van der Waals surface area contributed by atoms with E-state index in [-0.39, 0.29) is 45.2 Å². The van der Waals surface area contributed by atoms with Crippen LogP contribution in [0.3, 0.4) is 0 Å². The van der Waals surface area contributed by atoms with Crippen LogP contribution in [0, 0.1) is 0 Å². The molecule has 0 unspecified atom stereocenters. The molecule has 0 bridgehead atoms. The summed E-state index contributed by atoms with van der Waals surface area (Å²) in [4.78, 5) is 69.8. The molecule has 0 aliphatic carbocycles. The van der Waals surface area contributed by atoms with Gasteiger partial charge in [-0.05, 0) is 36.4 Å². The molecule has 2 aromatic heterocycles. The van der Waals surface area contributed by atoms with Crippen molar-refractivity contribution in [3.05, 3.63) is 179 Å². The number of benzene rings is 5. The first-order valence-corrected chi connectivity index (χ1v) is 18.0. The minimum Gasteiger partial charge on any atom is -0.459 e. The summed E-state index contributed by atoms with van der Waals surface area (Å²) in [5.74, 6) is -2.12. The summed E-state index contributed by atoms with van der Waals surface area (Å²) in [5.41, 5.74) is 7.56. The average Bonchev–Trinajstić information content (AvgIpc) is 3.58. The summed E-state index contributed by atoms with van der Waals surface area (Å²) in [6, 6.07) is 42.3. The van der Waals surface area contributed by atoms with Gasteiger partial charge in [-0.15, -0.1) is 0 Å². The molecule has 0 saturated carbocycles. The number of carbonyl (C=O) groups is 3. The first-order valence-electron chi connectivity index (χ1n) is 18.0. The molecule has 3 heterocycles. The molecular formula is C44H33N5O8. The molecule has 4 atom stereocenters. The summed E-state index contributed by atoms with van der Waals surface area (Å²) < 4.78 is 25.8. The van der Waals surface area contributed by atoms with Gasteiger partial charge in [-0.3, -0.25) is 9.36 Å². The lowest BCUT2D eigenvalue weighted by Gasteiger charge is -2.26. The number of carbonyl (C=O) groups excluding carboxylic acids is 3. The lowest BCUT2D eigenvalue weighted by molar-refractivity contribution is -0.0617. The van der Waals surface area contributed by atoms with Crippen molar-refractivity contribution in [1.82, 2.24) is 19.5 Å². The van der Waals surface area contributed by atoms with Crippen LogP contribution in [0.1, 0.15) is 37.3 Å². The Balaban J connectivity index is 1.32. The lowest BCUT2D eigenvalue weighted by Crippen LogP contribution is -2.42. The number of esters is 3. The Labute approximate surface area is 325 Å². The SMILES string of the molecule is Nc1nc(-c2ccccc2)nc2c1nc(-c1ccccc1)c(=O)n2[C@@H]1O[C@H](COC(=O)c2ccccc2)[C@@H](OC(=O)c2ccccc2)[C@H]1OC(=O)c1ccccc1. The highest BCUT2D eigenvalue weighted by molar-refractivity contribution is 5.91. The standard InChI is InChI=1S/C44H33N5O8/c45-37-34-39(48-38(47-37)28-18-8-2-9-19-28)49(40(50)33(46-34)27-16-6-1-7-17-27)41-36(57-44(53)31-24-14-5-15-25-31)35(56-43(52)30-22-12-4-13-23-30)32(55-41)26-54-42(51)29-20-10-3-11-21-29/h1-25,32,35-36,41H,26H2,(H2,45,47,48)/t32-,35-,36-,41-/m1/s1. The van der Waals surface area contributed by atoms with Gasteiger partial charge in [0.05, 0.1) is 16.7 Å². The Morgan fingerprint density at radius 2 is 1.07 bits per heavy atom. The van der Waals surface area contributed by atoms with Gasteiger partial charge in [0.1, 0.15) is 23.9 Å². The fourth-order valence-electron chi connectivity index (χ4n) is 6.51. The molecular weight excluding hydrogens is 727 g/mol. The second kappa shape index (κ2) is 16.1. The van der Waals surface area contributed by atoms with Crippen molar-refractivity contribution in [2.75, 3.05) is 12.3 Å². The second-order valence-electron chi connectivity index (χ2n) is 13.0. The predicted octanol–water partition coefficient (Wildman–Crippen LogP) is 6.31. The van der Waals surface area contributed by atoms with Crippen molar-refractivity contribution in [1.29, 1.82) is 0 Å². The van der Waals surface area contributed by atoms with Crippen molar-refractivity contribution in [3.63, 3.8) is 0 Å². The molecule has 57 heavy (non-hydrogen) atoms. The predicted molar refractivity (Wildman–Crippen MR) is 209 cm³/mol. The van der Waals surface area contributed by atoms with Crippen LogP contribution in [0.25, 0.3) is 33.8 Å². The Hall–Kier alpha value is -7.51. The van der Waals surface area contributed by atoms with Crippen LogP contribution in [-0.2, 0) is 18.9 Å². The third-order valence-corrected chi connectivity index (χ3v) is 9.28. The summed E-state index contributed by atoms with van der Waals surface area (Å²) in [7, 11) is 0. The number of nitrogen functional groups attached to an aromatic ring is 1. The van der Waals surface area contributed by atoms with Crippen molar-refractivity contribution >= 4 is 34.9 Å². The normalized spacial score (nSPS) is 17.5. The van der Waals surface area contributed by atoms with Gasteiger partial charge in [-0.25, -0.2) is 29.3 Å².